The van der Waals surface area contributed by atoms with E-state index >= 15 is 0 Å². The fourth-order valence-corrected chi connectivity index (χ4v) is 3.62. The normalized spacial score (nSPS) is 13.9. The largest absolute Gasteiger partial charge is 0.456 e. The van der Waals surface area contributed by atoms with Gasteiger partial charge in [-0.25, -0.2) is 17.9 Å². The third-order valence-corrected chi connectivity index (χ3v) is 5.39. The van der Waals surface area contributed by atoms with Crippen LogP contribution in [0.5, 0.6) is 5.75 Å². The topological polar surface area (TPSA) is 69.4 Å². The van der Waals surface area contributed by atoms with E-state index in [2.05, 4.69) is 0 Å². The van der Waals surface area contributed by atoms with Crippen molar-refractivity contribution in [2.24, 2.45) is 5.14 Å². The lowest BCUT2D eigenvalue weighted by Gasteiger charge is -2.24. The summed E-state index contributed by atoms with van der Waals surface area (Å²) in [5, 5.41) is 5.17. The van der Waals surface area contributed by atoms with Gasteiger partial charge in [-0.1, -0.05) is 30.3 Å². The number of fused-ring (bicyclic) bond motifs is 1. The monoisotopic (exact) mass is 381 g/mol. The summed E-state index contributed by atoms with van der Waals surface area (Å²) in [6.45, 7) is 0. The maximum absolute atomic E-state index is 13.4. The zero-order chi connectivity index (χ0) is 19.0. The first-order chi connectivity index (χ1) is 12.9. The molecule has 1 heterocycles. The van der Waals surface area contributed by atoms with Crippen molar-refractivity contribution >= 4 is 21.4 Å². The number of halogens is 1. The molecule has 136 valence electrons. The molecule has 0 spiro atoms. The van der Waals surface area contributed by atoms with Crippen molar-refractivity contribution in [1.82, 2.24) is 0 Å². The molecule has 3 aromatic rings. The lowest BCUT2D eigenvalue weighted by Crippen LogP contribution is -2.12. The quantitative estimate of drug-likeness (QED) is 0.746. The number of benzene rings is 3. The summed E-state index contributed by atoms with van der Waals surface area (Å²) in [4.78, 5) is 0.0337. The highest BCUT2D eigenvalue weighted by molar-refractivity contribution is 7.89. The number of hydrogen-bond acceptors (Lipinski definition) is 3. The smallest absolute Gasteiger partial charge is 0.238 e. The highest BCUT2D eigenvalue weighted by Crippen LogP contribution is 2.39. The van der Waals surface area contributed by atoms with Crippen LogP contribution in [-0.4, -0.2) is 8.42 Å². The molecule has 6 heteroatoms. The molecule has 2 N–H and O–H groups in total. The number of sulfonamides is 1. The summed E-state index contributed by atoms with van der Waals surface area (Å²) in [6.07, 6.45) is 0.619. The summed E-state index contributed by atoms with van der Waals surface area (Å²) in [7, 11) is -3.77. The lowest BCUT2D eigenvalue weighted by atomic mass is 9.92. The molecule has 4 rings (SSSR count). The van der Waals surface area contributed by atoms with Crippen LogP contribution in [-0.2, 0) is 16.4 Å². The minimum absolute atomic E-state index is 0.0337. The Bertz CT molecular complexity index is 1130. The Hall–Kier alpha value is -2.96. The third-order valence-electron chi connectivity index (χ3n) is 4.46. The summed E-state index contributed by atoms with van der Waals surface area (Å²) >= 11 is 0. The Morgan fingerprint density at radius 1 is 0.852 bits per heavy atom. The van der Waals surface area contributed by atoms with E-state index in [0.29, 0.717) is 12.2 Å². The zero-order valence-corrected chi connectivity index (χ0v) is 15.0. The Kier molecular flexibility index (Phi) is 4.30. The molecular formula is C21H16FNO3S. The number of primary sulfonamides is 1. The summed E-state index contributed by atoms with van der Waals surface area (Å²) < 4.78 is 42.5. The van der Waals surface area contributed by atoms with Crippen LogP contribution in [0, 0.1) is 5.82 Å². The fraction of sp³-hybridized carbons (Fsp3) is 0.0476. The second-order valence-corrected chi connectivity index (χ2v) is 7.83. The first kappa shape index (κ1) is 17.5. The SMILES string of the molecule is NS(=O)(=O)c1ccc(C2=C(c3ccc(F)cc3)Cc3ccccc3O2)cc1. The maximum atomic E-state index is 13.4. The van der Waals surface area contributed by atoms with Crippen LogP contribution in [0.1, 0.15) is 16.7 Å². The van der Waals surface area contributed by atoms with Crippen LogP contribution < -0.4 is 9.88 Å². The molecule has 0 atom stereocenters. The minimum atomic E-state index is -3.77. The van der Waals surface area contributed by atoms with Gasteiger partial charge < -0.3 is 4.74 Å². The van der Waals surface area contributed by atoms with Gasteiger partial charge >= 0.3 is 0 Å². The van der Waals surface area contributed by atoms with E-state index in [-0.39, 0.29) is 10.7 Å². The molecule has 0 fully saturated rings. The van der Waals surface area contributed by atoms with Gasteiger partial charge in [0.15, 0.2) is 0 Å². The Labute approximate surface area is 156 Å². The molecule has 0 saturated carbocycles. The van der Waals surface area contributed by atoms with Gasteiger partial charge in [0, 0.05) is 17.6 Å². The van der Waals surface area contributed by atoms with Crippen molar-refractivity contribution in [2.45, 2.75) is 11.3 Å². The predicted molar refractivity (Wildman–Crippen MR) is 102 cm³/mol. The van der Waals surface area contributed by atoms with Crippen molar-refractivity contribution in [3.8, 4) is 5.75 Å². The Morgan fingerprint density at radius 3 is 2.15 bits per heavy atom. The second kappa shape index (κ2) is 6.64. The minimum Gasteiger partial charge on any atom is -0.456 e. The molecule has 0 unspecified atom stereocenters. The molecule has 3 aromatic carbocycles. The van der Waals surface area contributed by atoms with Gasteiger partial charge in [-0.2, -0.15) is 0 Å². The van der Waals surface area contributed by atoms with Crippen molar-refractivity contribution in [1.29, 1.82) is 0 Å². The lowest BCUT2D eigenvalue weighted by molar-refractivity contribution is 0.502. The van der Waals surface area contributed by atoms with Crippen LogP contribution in [0.2, 0.25) is 0 Å². The van der Waals surface area contributed by atoms with E-state index < -0.39 is 10.0 Å². The first-order valence-corrected chi connectivity index (χ1v) is 9.84. The molecular weight excluding hydrogens is 365 g/mol. The Morgan fingerprint density at radius 2 is 1.48 bits per heavy atom. The van der Waals surface area contributed by atoms with Crippen LogP contribution in [0.4, 0.5) is 4.39 Å². The number of para-hydroxylation sites is 1. The van der Waals surface area contributed by atoms with Crippen LogP contribution in [0.25, 0.3) is 11.3 Å². The molecule has 4 nitrogen and oxygen atoms in total. The van der Waals surface area contributed by atoms with Gasteiger partial charge in [-0.15, -0.1) is 0 Å². The van der Waals surface area contributed by atoms with Crippen molar-refractivity contribution in [3.63, 3.8) is 0 Å². The van der Waals surface area contributed by atoms with Gasteiger partial charge in [0.25, 0.3) is 0 Å². The standard InChI is InChI=1S/C21H16FNO3S/c22-17-9-5-14(6-10-17)19-13-16-3-1-2-4-20(16)26-21(19)15-7-11-18(12-8-15)27(23,24)25/h1-12H,13H2,(H2,23,24,25). The predicted octanol–water partition coefficient (Wildman–Crippen LogP) is 3.98. The number of hydrogen-bond donors (Lipinski definition) is 1. The number of rotatable bonds is 3. The van der Waals surface area contributed by atoms with E-state index in [4.69, 9.17) is 9.88 Å². The molecule has 0 amide bonds. The van der Waals surface area contributed by atoms with Crippen LogP contribution in [0.15, 0.2) is 77.7 Å². The van der Waals surface area contributed by atoms with Gasteiger partial charge in [0.2, 0.25) is 10.0 Å². The molecule has 0 saturated heterocycles. The van der Waals surface area contributed by atoms with Gasteiger partial charge in [-0.3, -0.25) is 0 Å². The highest BCUT2D eigenvalue weighted by Gasteiger charge is 2.22. The summed E-state index contributed by atoms with van der Waals surface area (Å²) in [6, 6.07) is 20.2. The van der Waals surface area contributed by atoms with Gasteiger partial charge in [-0.05, 0) is 53.6 Å². The molecule has 1 aliphatic rings. The van der Waals surface area contributed by atoms with E-state index in [1.54, 1.807) is 24.3 Å². The average molecular weight is 381 g/mol. The van der Waals surface area contributed by atoms with Gasteiger partial charge in [0.05, 0.1) is 4.90 Å². The number of allylic oxidation sites excluding steroid dienone is 1. The number of nitrogens with two attached hydrogens (primary N) is 1. The summed E-state index contributed by atoms with van der Waals surface area (Å²) in [5.41, 5.74) is 3.49. The van der Waals surface area contributed by atoms with Crippen LogP contribution in [0.3, 0.4) is 0 Å². The maximum Gasteiger partial charge on any atom is 0.238 e. The third kappa shape index (κ3) is 3.49. The van der Waals surface area contributed by atoms with Crippen LogP contribution >= 0.6 is 0 Å². The summed E-state index contributed by atoms with van der Waals surface area (Å²) in [5.74, 6) is 1.05. The molecule has 0 radical (unpaired) electrons. The molecule has 1 aliphatic heterocycles. The van der Waals surface area contributed by atoms with Crippen molar-refractivity contribution in [3.05, 3.63) is 95.3 Å². The van der Waals surface area contributed by atoms with E-state index in [1.165, 1.54) is 24.3 Å². The first-order valence-electron chi connectivity index (χ1n) is 8.30. The zero-order valence-electron chi connectivity index (χ0n) is 14.2. The fourth-order valence-electron chi connectivity index (χ4n) is 3.11. The number of ether oxygens (including phenoxy) is 1. The molecule has 0 bridgehead atoms. The second-order valence-electron chi connectivity index (χ2n) is 6.27. The average Bonchev–Trinajstić information content (AvgIpc) is 2.67. The van der Waals surface area contributed by atoms with E-state index in [9.17, 15) is 12.8 Å². The molecule has 0 aromatic heterocycles. The van der Waals surface area contributed by atoms with E-state index in [0.717, 1.165) is 28.0 Å². The molecule has 27 heavy (non-hydrogen) atoms. The van der Waals surface area contributed by atoms with E-state index in [1.807, 2.05) is 24.3 Å². The van der Waals surface area contributed by atoms with Crippen molar-refractivity contribution < 1.29 is 17.5 Å². The molecule has 0 aliphatic carbocycles. The van der Waals surface area contributed by atoms with Crippen molar-refractivity contribution in [2.75, 3.05) is 0 Å². The van der Waals surface area contributed by atoms with Gasteiger partial charge in [0.1, 0.15) is 17.3 Å². The Balaban J connectivity index is 1.85. The highest BCUT2D eigenvalue weighted by atomic mass is 32.2.